The number of aliphatic hydroxyl groups excluding tert-OH is 3. The first kappa shape index (κ1) is 13.9. The Balaban J connectivity index is 2.16. The van der Waals surface area contributed by atoms with Crippen molar-refractivity contribution in [2.24, 2.45) is 0 Å². The van der Waals surface area contributed by atoms with Gasteiger partial charge in [0.2, 0.25) is 0 Å². The Kier molecular flexibility index (Phi) is 3.80. The summed E-state index contributed by atoms with van der Waals surface area (Å²) < 4.78 is 9.12. The Hall–Kier alpha value is -1.55. The van der Waals surface area contributed by atoms with Crippen molar-refractivity contribution in [1.82, 2.24) is 4.98 Å². The van der Waals surface area contributed by atoms with Gasteiger partial charge in [0.15, 0.2) is 17.9 Å². The molecule has 0 aromatic carbocycles. The highest BCUT2D eigenvalue weighted by atomic mass is 32.1. The molecule has 3 N–H and O–H groups in total. The molecular formula is C10H11NO7S. The van der Waals surface area contributed by atoms with Crippen molar-refractivity contribution in [3.8, 4) is 0 Å². The van der Waals surface area contributed by atoms with Crippen molar-refractivity contribution in [3.63, 3.8) is 0 Å². The summed E-state index contributed by atoms with van der Waals surface area (Å²) in [5.41, 5.74) is 0.000844. The van der Waals surface area contributed by atoms with Crippen LogP contribution in [-0.2, 0) is 14.3 Å². The third-order valence-electron chi connectivity index (χ3n) is 2.63. The second kappa shape index (κ2) is 5.21. The third kappa shape index (κ3) is 2.45. The van der Waals surface area contributed by atoms with Gasteiger partial charge in [0.05, 0.1) is 7.11 Å². The average Bonchev–Trinajstić information content (AvgIpc) is 2.98. The van der Waals surface area contributed by atoms with Crippen molar-refractivity contribution >= 4 is 23.3 Å². The number of hydrogen-bond donors (Lipinski definition) is 3. The first-order valence-electron chi connectivity index (χ1n) is 5.24. The molecular weight excluding hydrogens is 278 g/mol. The molecule has 0 aliphatic carbocycles. The number of hydrogen-bond acceptors (Lipinski definition) is 9. The highest BCUT2D eigenvalue weighted by Crippen LogP contribution is 2.30. The van der Waals surface area contributed by atoms with Crippen LogP contribution in [0.5, 0.6) is 0 Å². The standard InChI is InChI=1S/C10H11NO7S/c1-17-9(15)3-2-19-8(11-3)6(14)7-4(12)5(13)10(16)18-7/h2,4-7,12-14H,1H3/t4-,5-,6+,7-/m0/s1. The van der Waals surface area contributed by atoms with Gasteiger partial charge in [-0.25, -0.2) is 14.6 Å². The van der Waals surface area contributed by atoms with E-state index in [4.69, 9.17) is 0 Å². The highest BCUT2D eigenvalue weighted by Gasteiger charge is 2.47. The molecule has 9 heteroatoms. The van der Waals surface area contributed by atoms with Crippen molar-refractivity contribution in [2.75, 3.05) is 7.11 Å². The molecule has 1 aliphatic heterocycles. The number of nitrogens with zero attached hydrogens (tertiary/aromatic N) is 1. The van der Waals surface area contributed by atoms with Crippen LogP contribution in [0, 0.1) is 0 Å². The molecule has 1 aromatic rings. The number of methoxy groups -OCH3 is 1. The van der Waals surface area contributed by atoms with Crippen LogP contribution in [0.15, 0.2) is 5.38 Å². The fourth-order valence-corrected chi connectivity index (χ4v) is 2.41. The Bertz CT molecular complexity index is 502. The van der Waals surface area contributed by atoms with E-state index in [1.807, 2.05) is 0 Å². The maximum Gasteiger partial charge on any atom is 0.357 e. The van der Waals surface area contributed by atoms with Crippen molar-refractivity contribution in [1.29, 1.82) is 0 Å². The minimum Gasteiger partial charge on any atom is -0.464 e. The Morgan fingerprint density at radius 1 is 1.58 bits per heavy atom. The lowest BCUT2D eigenvalue weighted by Crippen LogP contribution is -2.34. The maximum absolute atomic E-state index is 11.2. The molecule has 8 nitrogen and oxygen atoms in total. The molecule has 1 saturated heterocycles. The summed E-state index contributed by atoms with van der Waals surface area (Å²) in [6.07, 6.45) is -5.99. The van der Waals surface area contributed by atoms with Crippen molar-refractivity contribution in [3.05, 3.63) is 16.1 Å². The summed E-state index contributed by atoms with van der Waals surface area (Å²) in [7, 11) is 1.19. The fourth-order valence-electron chi connectivity index (χ4n) is 1.61. The molecule has 2 heterocycles. The van der Waals surface area contributed by atoms with Gasteiger partial charge in [0.1, 0.15) is 17.2 Å². The van der Waals surface area contributed by atoms with Crippen LogP contribution in [-0.4, -0.2) is 57.7 Å². The molecule has 0 unspecified atom stereocenters. The molecule has 0 spiro atoms. The van der Waals surface area contributed by atoms with Gasteiger partial charge in [-0.1, -0.05) is 0 Å². The van der Waals surface area contributed by atoms with Crippen molar-refractivity contribution in [2.45, 2.75) is 24.4 Å². The van der Waals surface area contributed by atoms with E-state index in [1.165, 1.54) is 12.5 Å². The number of rotatable bonds is 3. The van der Waals surface area contributed by atoms with Gasteiger partial charge in [0, 0.05) is 5.38 Å². The number of aliphatic hydroxyl groups is 3. The summed E-state index contributed by atoms with van der Waals surface area (Å²) in [5, 5.41) is 30.2. The van der Waals surface area contributed by atoms with Crippen LogP contribution in [0.4, 0.5) is 0 Å². The zero-order valence-electron chi connectivity index (χ0n) is 9.72. The number of carbonyl (C=O) groups excluding carboxylic acids is 2. The Labute approximate surface area is 111 Å². The highest BCUT2D eigenvalue weighted by molar-refractivity contribution is 7.09. The van der Waals surface area contributed by atoms with Gasteiger partial charge < -0.3 is 24.8 Å². The molecule has 1 aliphatic rings. The SMILES string of the molecule is COC(=O)c1csc([C@H](O)[C@H]2OC(=O)[C@@H](O)[C@@H]2O)n1. The molecule has 1 fully saturated rings. The van der Waals surface area contributed by atoms with E-state index in [0.717, 1.165) is 11.3 Å². The third-order valence-corrected chi connectivity index (χ3v) is 3.55. The molecule has 19 heavy (non-hydrogen) atoms. The van der Waals surface area contributed by atoms with Crippen LogP contribution >= 0.6 is 11.3 Å². The Morgan fingerprint density at radius 3 is 2.79 bits per heavy atom. The second-order valence-electron chi connectivity index (χ2n) is 3.84. The molecule has 0 amide bonds. The molecule has 0 bridgehead atoms. The largest absolute Gasteiger partial charge is 0.464 e. The number of esters is 2. The van der Waals surface area contributed by atoms with Crippen LogP contribution < -0.4 is 0 Å². The van der Waals surface area contributed by atoms with E-state index in [-0.39, 0.29) is 10.7 Å². The summed E-state index contributed by atoms with van der Waals surface area (Å²) in [4.78, 5) is 26.1. The normalized spacial score (nSPS) is 28.0. The maximum atomic E-state index is 11.2. The predicted molar refractivity (Wildman–Crippen MR) is 60.3 cm³/mol. The summed E-state index contributed by atoms with van der Waals surface area (Å²) in [6.45, 7) is 0. The predicted octanol–water partition coefficient (Wildman–Crippen LogP) is -1.39. The van der Waals surface area contributed by atoms with E-state index >= 15 is 0 Å². The van der Waals surface area contributed by atoms with Gasteiger partial charge in [-0.05, 0) is 0 Å². The zero-order chi connectivity index (χ0) is 14.2. The number of aromatic nitrogens is 1. The second-order valence-corrected chi connectivity index (χ2v) is 4.73. The minimum absolute atomic E-state index is 0.000844. The van der Waals surface area contributed by atoms with Crippen LogP contribution in [0.3, 0.4) is 0 Å². The van der Waals surface area contributed by atoms with Gasteiger partial charge in [-0.15, -0.1) is 11.3 Å². The minimum atomic E-state index is -1.69. The number of thiazole rings is 1. The smallest absolute Gasteiger partial charge is 0.357 e. The van der Waals surface area contributed by atoms with E-state index in [0.29, 0.717) is 0 Å². The van der Waals surface area contributed by atoms with Crippen molar-refractivity contribution < 1.29 is 34.4 Å². The summed E-state index contributed by atoms with van der Waals surface area (Å²) >= 11 is 0.947. The van der Waals surface area contributed by atoms with E-state index in [9.17, 15) is 24.9 Å². The quantitative estimate of drug-likeness (QED) is 0.581. The molecule has 2 rings (SSSR count). The van der Waals surface area contributed by atoms with Crippen LogP contribution in [0.25, 0.3) is 0 Å². The monoisotopic (exact) mass is 289 g/mol. The Morgan fingerprint density at radius 2 is 2.26 bits per heavy atom. The first-order chi connectivity index (χ1) is 8.95. The van der Waals surface area contributed by atoms with Crippen LogP contribution in [0.2, 0.25) is 0 Å². The molecule has 0 saturated carbocycles. The molecule has 0 radical (unpaired) electrons. The van der Waals surface area contributed by atoms with E-state index in [2.05, 4.69) is 14.5 Å². The van der Waals surface area contributed by atoms with Gasteiger partial charge in [-0.2, -0.15) is 0 Å². The lowest BCUT2D eigenvalue weighted by Gasteiger charge is -2.17. The number of cyclic esters (lactones) is 1. The average molecular weight is 289 g/mol. The summed E-state index contributed by atoms with van der Waals surface area (Å²) in [6, 6.07) is 0. The first-order valence-corrected chi connectivity index (χ1v) is 6.12. The summed E-state index contributed by atoms with van der Waals surface area (Å²) in [5.74, 6) is -1.68. The van der Waals surface area contributed by atoms with E-state index < -0.39 is 36.4 Å². The number of carbonyl (C=O) groups is 2. The van der Waals surface area contributed by atoms with E-state index in [1.54, 1.807) is 0 Å². The number of ether oxygens (including phenoxy) is 2. The topological polar surface area (TPSA) is 126 Å². The fraction of sp³-hybridized carbons (Fsp3) is 0.500. The van der Waals surface area contributed by atoms with Gasteiger partial charge >= 0.3 is 11.9 Å². The molecule has 104 valence electrons. The van der Waals surface area contributed by atoms with Crippen LogP contribution in [0.1, 0.15) is 21.6 Å². The lowest BCUT2D eigenvalue weighted by molar-refractivity contribution is -0.150. The molecule has 4 atom stereocenters. The van der Waals surface area contributed by atoms with Gasteiger partial charge in [-0.3, -0.25) is 0 Å². The molecule has 1 aromatic heterocycles. The zero-order valence-corrected chi connectivity index (χ0v) is 10.5. The van der Waals surface area contributed by atoms with Gasteiger partial charge in [0.25, 0.3) is 0 Å². The lowest BCUT2D eigenvalue weighted by atomic mass is 10.1.